The molecule has 0 spiro atoms. The molecule has 2 N–H and O–H groups in total. The zero-order chi connectivity index (χ0) is 17.0. The van der Waals surface area contributed by atoms with Gasteiger partial charge in [-0.05, 0) is 36.1 Å². The van der Waals surface area contributed by atoms with Crippen molar-refractivity contribution < 1.29 is 13.2 Å². The van der Waals surface area contributed by atoms with Gasteiger partial charge in [0, 0.05) is 12.5 Å². The van der Waals surface area contributed by atoms with Crippen molar-refractivity contribution in [1.82, 2.24) is 10.9 Å². The molecule has 1 aromatic carbocycles. The summed E-state index contributed by atoms with van der Waals surface area (Å²) in [5.41, 5.74) is 7.42. The molecule has 0 bridgehead atoms. The normalized spacial score (nSPS) is 22.5. The predicted molar refractivity (Wildman–Crippen MR) is 91.2 cm³/mol. The van der Waals surface area contributed by atoms with E-state index in [1.54, 1.807) is 18.2 Å². The maximum Gasteiger partial charge on any atom is 0.234 e. The van der Waals surface area contributed by atoms with Gasteiger partial charge in [-0.1, -0.05) is 31.2 Å². The van der Waals surface area contributed by atoms with E-state index >= 15 is 0 Å². The van der Waals surface area contributed by atoms with Crippen LogP contribution in [0.15, 0.2) is 47.9 Å². The Kier molecular flexibility index (Phi) is 5.38. The summed E-state index contributed by atoms with van der Waals surface area (Å²) in [6.45, 7) is 7.43. The maximum atomic E-state index is 12.1. The van der Waals surface area contributed by atoms with Crippen LogP contribution < -0.4 is 10.9 Å². The van der Waals surface area contributed by atoms with Crippen LogP contribution in [-0.4, -0.2) is 26.1 Å². The Morgan fingerprint density at radius 3 is 2.83 bits per heavy atom. The number of nitrogens with one attached hydrogen (secondary N) is 2. The van der Waals surface area contributed by atoms with E-state index in [1.807, 2.05) is 26.0 Å². The first-order valence-electron chi connectivity index (χ1n) is 7.50. The Hall–Kier alpha value is -1.92. The number of carbonyl (C=O) groups excluding carboxylic acids is 1. The highest BCUT2D eigenvalue weighted by molar-refractivity contribution is 7.91. The topological polar surface area (TPSA) is 75.3 Å². The molecule has 0 radical (unpaired) electrons. The quantitative estimate of drug-likeness (QED) is 0.809. The lowest BCUT2D eigenvalue weighted by molar-refractivity contribution is -0.125. The zero-order valence-electron chi connectivity index (χ0n) is 13.4. The fraction of sp³-hybridized carbons (Fsp3) is 0.353. The smallest absolute Gasteiger partial charge is 0.234 e. The van der Waals surface area contributed by atoms with Crippen molar-refractivity contribution in [3.05, 3.63) is 48.6 Å². The molecule has 2 atom stereocenters. The molecule has 23 heavy (non-hydrogen) atoms. The van der Waals surface area contributed by atoms with Gasteiger partial charge in [0.1, 0.15) is 0 Å². The van der Waals surface area contributed by atoms with E-state index in [-0.39, 0.29) is 23.6 Å². The second kappa shape index (κ2) is 7.10. The van der Waals surface area contributed by atoms with Crippen LogP contribution in [0.25, 0.3) is 5.57 Å². The second-order valence-corrected chi connectivity index (χ2v) is 7.88. The fourth-order valence-corrected chi connectivity index (χ4v) is 3.63. The standard InChI is InChI=1S/C17H22N2O3S/c1-4-8-23(21,22)15-7-5-6-14(11-15)12(2)9-16-13(3)10-17(20)19-18-16/h4-7,9,11,13,16,18H,1,8,10H2,2-3H3,(H,19,20)/b12-9+. The molecule has 124 valence electrons. The van der Waals surface area contributed by atoms with Crippen molar-refractivity contribution in [3.63, 3.8) is 0 Å². The largest absolute Gasteiger partial charge is 0.291 e. The number of benzene rings is 1. The van der Waals surface area contributed by atoms with Crippen LogP contribution in [0.1, 0.15) is 25.8 Å². The van der Waals surface area contributed by atoms with Crippen molar-refractivity contribution in [2.75, 3.05) is 5.75 Å². The van der Waals surface area contributed by atoms with Gasteiger partial charge in [-0.15, -0.1) is 6.58 Å². The zero-order valence-corrected chi connectivity index (χ0v) is 14.2. The highest BCUT2D eigenvalue weighted by atomic mass is 32.2. The first-order valence-corrected chi connectivity index (χ1v) is 9.15. The van der Waals surface area contributed by atoms with E-state index in [1.165, 1.54) is 6.08 Å². The molecule has 0 aromatic heterocycles. The van der Waals surface area contributed by atoms with Crippen LogP contribution in [0.3, 0.4) is 0 Å². The van der Waals surface area contributed by atoms with Crippen molar-refractivity contribution >= 4 is 21.3 Å². The summed E-state index contributed by atoms with van der Waals surface area (Å²) in [5.74, 6) is 0.0793. The van der Waals surface area contributed by atoms with Crippen molar-refractivity contribution in [2.24, 2.45) is 5.92 Å². The van der Waals surface area contributed by atoms with Gasteiger partial charge in [0.15, 0.2) is 9.84 Å². The molecule has 1 aromatic rings. The second-order valence-electron chi connectivity index (χ2n) is 5.85. The number of hydrogen-bond acceptors (Lipinski definition) is 4. The average molecular weight is 334 g/mol. The minimum atomic E-state index is -3.34. The summed E-state index contributed by atoms with van der Waals surface area (Å²) in [7, 11) is -3.34. The predicted octanol–water partition coefficient (Wildman–Crippen LogP) is 2.08. The molecule has 1 saturated heterocycles. The molecule has 5 nitrogen and oxygen atoms in total. The van der Waals surface area contributed by atoms with Crippen LogP contribution in [0.5, 0.6) is 0 Å². The Morgan fingerprint density at radius 2 is 2.17 bits per heavy atom. The average Bonchev–Trinajstić information content (AvgIpc) is 2.50. The fourth-order valence-electron chi connectivity index (χ4n) is 2.53. The Bertz CT molecular complexity index is 738. The van der Waals surface area contributed by atoms with Crippen molar-refractivity contribution in [2.45, 2.75) is 31.2 Å². The maximum absolute atomic E-state index is 12.1. The van der Waals surface area contributed by atoms with Crippen LogP contribution >= 0.6 is 0 Å². The van der Waals surface area contributed by atoms with Gasteiger partial charge in [0.05, 0.1) is 10.6 Å². The summed E-state index contributed by atoms with van der Waals surface area (Å²) in [5, 5.41) is 0. The molecule has 1 aliphatic heterocycles. The number of rotatable bonds is 5. The summed E-state index contributed by atoms with van der Waals surface area (Å²) < 4.78 is 24.3. The lowest BCUT2D eigenvalue weighted by Gasteiger charge is -2.28. The lowest BCUT2D eigenvalue weighted by atomic mass is 9.93. The molecule has 0 saturated carbocycles. The lowest BCUT2D eigenvalue weighted by Crippen LogP contribution is -2.52. The molecule has 1 heterocycles. The van der Waals surface area contributed by atoms with Crippen molar-refractivity contribution in [3.8, 4) is 0 Å². The molecule has 2 unspecified atom stereocenters. The first-order chi connectivity index (χ1) is 10.8. The highest BCUT2D eigenvalue weighted by Crippen LogP contribution is 2.22. The summed E-state index contributed by atoms with van der Waals surface area (Å²) >= 11 is 0. The summed E-state index contributed by atoms with van der Waals surface area (Å²) in [6.07, 6.45) is 3.87. The minimum Gasteiger partial charge on any atom is -0.291 e. The van der Waals surface area contributed by atoms with Crippen LogP contribution in [-0.2, 0) is 14.6 Å². The van der Waals surface area contributed by atoms with Crippen molar-refractivity contribution in [1.29, 1.82) is 0 Å². The third-order valence-electron chi connectivity index (χ3n) is 3.91. The number of sulfone groups is 1. The number of amides is 1. The molecule has 6 heteroatoms. The Morgan fingerprint density at radius 1 is 1.43 bits per heavy atom. The molecule has 1 aliphatic rings. The molecular formula is C17H22N2O3S. The van der Waals surface area contributed by atoms with Gasteiger partial charge in [0.2, 0.25) is 5.91 Å². The molecule has 1 amide bonds. The minimum absolute atomic E-state index is 0.0149. The molecule has 0 aliphatic carbocycles. The van der Waals surface area contributed by atoms with Gasteiger partial charge in [-0.3, -0.25) is 10.2 Å². The number of hydrogen-bond donors (Lipinski definition) is 2. The van der Waals surface area contributed by atoms with E-state index in [0.717, 1.165) is 11.1 Å². The van der Waals surface area contributed by atoms with Gasteiger partial charge >= 0.3 is 0 Å². The first kappa shape index (κ1) is 17.4. The van der Waals surface area contributed by atoms with Crippen LogP contribution in [0.2, 0.25) is 0 Å². The number of hydrazine groups is 1. The Balaban J connectivity index is 2.26. The molecule has 1 fully saturated rings. The summed E-state index contributed by atoms with van der Waals surface area (Å²) in [6, 6.07) is 6.90. The number of carbonyl (C=O) groups is 1. The Labute approximate surface area is 137 Å². The van der Waals surface area contributed by atoms with E-state index in [2.05, 4.69) is 17.4 Å². The third-order valence-corrected chi connectivity index (χ3v) is 5.56. The van der Waals surface area contributed by atoms with E-state index in [9.17, 15) is 13.2 Å². The van der Waals surface area contributed by atoms with E-state index < -0.39 is 9.84 Å². The van der Waals surface area contributed by atoms with Gasteiger partial charge in [-0.2, -0.15) is 0 Å². The van der Waals surface area contributed by atoms with Gasteiger partial charge in [-0.25, -0.2) is 13.8 Å². The molecule has 2 rings (SSSR count). The number of allylic oxidation sites excluding steroid dienone is 1. The van der Waals surface area contributed by atoms with E-state index in [4.69, 9.17) is 0 Å². The molecular weight excluding hydrogens is 312 g/mol. The van der Waals surface area contributed by atoms with Crippen LogP contribution in [0, 0.1) is 5.92 Å². The van der Waals surface area contributed by atoms with Crippen LogP contribution in [0.4, 0.5) is 0 Å². The van der Waals surface area contributed by atoms with E-state index in [0.29, 0.717) is 11.3 Å². The van der Waals surface area contributed by atoms with Gasteiger partial charge in [0.25, 0.3) is 0 Å². The SMILES string of the molecule is C=CCS(=O)(=O)c1cccc(/C(C)=C/C2NNC(=O)CC2C)c1. The summed E-state index contributed by atoms with van der Waals surface area (Å²) in [4.78, 5) is 11.6. The highest BCUT2D eigenvalue weighted by Gasteiger charge is 2.23. The monoisotopic (exact) mass is 334 g/mol. The third kappa shape index (κ3) is 4.30. The van der Waals surface area contributed by atoms with Gasteiger partial charge < -0.3 is 0 Å².